The second kappa shape index (κ2) is 8.57. The summed E-state index contributed by atoms with van der Waals surface area (Å²) in [7, 11) is 0. The summed E-state index contributed by atoms with van der Waals surface area (Å²) >= 11 is 0. The van der Waals surface area contributed by atoms with Crippen molar-refractivity contribution in [2.75, 3.05) is 11.9 Å². The first-order chi connectivity index (χ1) is 14.6. The van der Waals surface area contributed by atoms with E-state index in [9.17, 15) is 9.59 Å². The third-order valence-electron chi connectivity index (χ3n) is 5.61. The Hall–Kier alpha value is -3.34. The van der Waals surface area contributed by atoms with E-state index in [2.05, 4.69) is 16.5 Å². The molecule has 1 heterocycles. The molecule has 1 N–H and O–H groups in total. The van der Waals surface area contributed by atoms with Crippen molar-refractivity contribution in [3.63, 3.8) is 0 Å². The van der Waals surface area contributed by atoms with Crippen molar-refractivity contribution in [2.24, 2.45) is 0 Å². The number of aromatic nitrogens is 2. The van der Waals surface area contributed by atoms with Crippen molar-refractivity contribution in [3.05, 3.63) is 46.3 Å². The highest BCUT2D eigenvalue weighted by atomic mass is 16.6. The molecule has 30 heavy (non-hydrogen) atoms. The maximum atomic E-state index is 12.8. The van der Waals surface area contributed by atoms with Gasteiger partial charge in [0.05, 0.1) is 30.6 Å². The normalized spacial score (nSPS) is 15.1. The molecule has 1 aromatic heterocycles. The largest absolute Gasteiger partial charge is 0.463 e. The van der Waals surface area contributed by atoms with Gasteiger partial charge in [0.25, 0.3) is 0 Å². The molecule has 4 rings (SSSR count). The number of carbonyl (C=O) groups is 2. The summed E-state index contributed by atoms with van der Waals surface area (Å²) < 4.78 is 11.9. The molecule has 1 atom stereocenters. The second-order valence-corrected chi connectivity index (χ2v) is 7.57. The minimum absolute atomic E-state index is 0.0288. The van der Waals surface area contributed by atoms with Crippen LogP contribution >= 0.6 is 0 Å². The summed E-state index contributed by atoms with van der Waals surface area (Å²) in [5.74, 6) is -0.648. The number of hydrogen-bond acceptors (Lipinski definition) is 6. The smallest absolute Gasteiger partial charge is 0.412 e. The molecule has 156 valence electrons. The van der Waals surface area contributed by atoms with Crippen LogP contribution < -0.4 is 5.32 Å². The Morgan fingerprint density at radius 1 is 1.23 bits per heavy atom. The van der Waals surface area contributed by atoms with Gasteiger partial charge in [0.15, 0.2) is 0 Å². The van der Waals surface area contributed by atoms with Crippen LogP contribution in [0.15, 0.2) is 18.5 Å². The van der Waals surface area contributed by atoms with Gasteiger partial charge >= 0.3 is 12.1 Å². The summed E-state index contributed by atoms with van der Waals surface area (Å²) in [6, 6.07) is 4.26. The average molecular weight is 408 g/mol. The quantitative estimate of drug-likeness (QED) is 0.737. The van der Waals surface area contributed by atoms with Crippen LogP contribution in [0.3, 0.4) is 0 Å². The molecule has 8 nitrogen and oxygen atoms in total. The van der Waals surface area contributed by atoms with Gasteiger partial charge in [-0.1, -0.05) is 6.07 Å². The van der Waals surface area contributed by atoms with Gasteiger partial charge in [-0.2, -0.15) is 10.4 Å². The van der Waals surface area contributed by atoms with Crippen LogP contribution in [0.1, 0.15) is 47.6 Å². The second-order valence-electron chi connectivity index (χ2n) is 7.57. The summed E-state index contributed by atoms with van der Waals surface area (Å²) in [5, 5.41) is 15.9. The first-order valence-corrected chi connectivity index (χ1v) is 10.3. The highest BCUT2D eigenvalue weighted by Crippen LogP contribution is 2.38. The number of nitrogens with zero attached hydrogens (tertiary/aromatic N) is 3. The minimum Gasteiger partial charge on any atom is -0.463 e. The van der Waals surface area contributed by atoms with Crippen molar-refractivity contribution < 1.29 is 19.1 Å². The lowest BCUT2D eigenvalue weighted by molar-refractivity contribution is -0.153. The molecule has 1 aromatic carbocycles. The molecule has 1 unspecified atom stereocenters. The van der Waals surface area contributed by atoms with E-state index in [1.807, 2.05) is 6.07 Å². The van der Waals surface area contributed by atoms with Crippen molar-refractivity contribution in [1.29, 1.82) is 5.26 Å². The predicted molar refractivity (Wildman–Crippen MR) is 108 cm³/mol. The molecule has 2 aliphatic rings. The molecule has 8 heteroatoms. The third-order valence-corrected chi connectivity index (χ3v) is 5.61. The van der Waals surface area contributed by atoms with E-state index in [0.717, 1.165) is 44.2 Å². The topological polar surface area (TPSA) is 106 Å². The van der Waals surface area contributed by atoms with Crippen LogP contribution in [0.2, 0.25) is 0 Å². The van der Waals surface area contributed by atoms with Gasteiger partial charge in [0, 0.05) is 6.20 Å². The van der Waals surface area contributed by atoms with Gasteiger partial charge in [-0.25, -0.2) is 9.59 Å². The van der Waals surface area contributed by atoms with Crippen LogP contribution in [0, 0.1) is 11.3 Å². The lowest BCUT2D eigenvalue weighted by Gasteiger charge is -2.19. The lowest BCUT2D eigenvalue weighted by atomic mass is 9.99. The Labute approximate surface area is 174 Å². The van der Waals surface area contributed by atoms with Gasteiger partial charge in [0.1, 0.15) is 6.07 Å². The summed E-state index contributed by atoms with van der Waals surface area (Å²) in [6.45, 7) is 1.83. The zero-order chi connectivity index (χ0) is 21.1. The van der Waals surface area contributed by atoms with Crippen molar-refractivity contribution in [1.82, 2.24) is 9.78 Å². The number of fused-ring (bicyclic) bond motifs is 2. The molecular formula is C22H24N4O4. The summed E-state index contributed by atoms with van der Waals surface area (Å²) in [6.07, 6.45) is 7.10. The average Bonchev–Trinajstić information content (AvgIpc) is 3.47. The Bertz CT molecular complexity index is 989. The Morgan fingerprint density at radius 2 is 1.93 bits per heavy atom. The number of aryl methyl sites for hydroxylation is 2. The molecule has 2 aliphatic carbocycles. The first-order valence-electron chi connectivity index (χ1n) is 10.3. The highest BCUT2D eigenvalue weighted by molar-refractivity contribution is 5.90. The third kappa shape index (κ3) is 4.01. The number of anilines is 1. The molecule has 0 saturated carbocycles. The number of benzene rings is 1. The number of ether oxygens (including phenoxy) is 2. The fraction of sp³-hybridized carbons (Fsp3) is 0.455. The molecule has 2 aromatic rings. The number of amides is 1. The SMILES string of the molecule is CCOC(=O)C(Cn1cc(C#N)cn1)OC(=O)Nc1c2c(cc3c1CCC3)CCC2. The van der Waals surface area contributed by atoms with E-state index in [4.69, 9.17) is 14.7 Å². The van der Waals surface area contributed by atoms with Gasteiger partial charge in [0.2, 0.25) is 6.10 Å². The number of rotatable bonds is 6. The lowest BCUT2D eigenvalue weighted by Crippen LogP contribution is -2.35. The standard InChI is InChI=1S/C22H24N4O4/c1-2-29-21(27)19(13-26-12-14(10-23)11-24-26)30-22(28)25-20-17-7-3-5-15(17)9-16-6-4-8-18(16)20/h9,11-12,19H,2-8,13H2,1H3,(H,25,28). The van der Waals surface area contributed by atoms with E-state index in [1.165, 1.54) is 39.3 Å². The van der Waals surface area contributed by atoms with Crippen LogP contribution in [-0.4, -0.2) is 34.6 Å². The maximum Gasteiger partial charge on any atom is 0.412 e. The van der Waals surface area contributed by atoms with Crippen LogP contribution in [0.4, 0.5) is 10.5 Å². The monoisotopic (exact) mass is 408 g/mol. The number of nitrogens with one attached hydrogen (secondary N) is 1. The van der Waals surface area contributed by atoms with Crippen molar-refractivity contribution >= 4 is 17.7 Å². The molecule has 0 radical (unpaired) electrons. The molecule has 0 bridgehead atoms. The van der Waals surface area contributed by atoms with Crippen molar-refractivity contribution in [2.45, 2.75) is 58.1 Å². The molecular weight excluding hydrogens is 384 g/mol. The van der Waals surface area contributed by atoms with E-state index in [1.54, 1.807) is 6.92 Å². The van der Waals surface area contributed by atoms with Crippen LogP contribution in [-0.2, 0) is 46.5 Å². The van der Waals surface area contributed by atoms with Crippen LogP contribution in [0.5, 0.6) is 0 Å². The van der Waals surface area contributed by atoms with E-state index in [-0.39, 0.29) is 13.2 Å². The molecule has 0 spiro atoms. The van der Waals surface area contributed by atoms with Gasteiger partial charge in [-0.15, -0.1) is 0 Å². The first kappa shape index (κ1) is 20.0. The fourth-order valence-electron chi connectivity index (χ4n) is 4.31. The van der Waals surface area contributed by atoms with E-state index < -0.39 is 18.2 Å². The van der Waals surface area contributed by atoms with E-state index >= 15 is 0 Å². The minimum atomic E-state index is -1.17. The Kier molecular flexibility index (Phi) is 5.70. The maximum absolute atomic E-state index is 12.8. The number of esters is 1. The van der Waals surface area contributed by atoms with Crippen LogP contribution in [0.25, 0.3) is 0 Å². The van der Waals surface area contributed by atoms with Gasteiger partial charge in [-0.3, -0.25) is 10.00 Å². The molecule has 0 fully saturated rings. The Morgan fingerprint density at radius 3 is 2.53 bits per heavy atom. The van der Waals surface area contributed by atoms with Gasteiger partial charge in [-0.05, 0) is 67.7 Å². The molecule has 1 amide bonds. The van der Waals surface area contributed by atoms with Gasteiger partial charge < -0.3 is 9.47 Å². The summed E-state index contributed by atoms with van der Waals surface area (Å²) in [5.41, 5.74) is 6.19. The fourth-order valence-corrected chi connectivity index (χ4v) is 4.31. The molecule has 0 aliphatic heterocycles. The zero-order valence-corrected chi connectivity index (χ0v) is 16.9. The predicted octanol–water partition coefficient (Wildman–Crippen LogP) is 2.91. The summed E-state index contributed by atoms with van der Waals surface area (Å²) in [4.78, 5) is 25.1. The Balaban J connectivity index is 1.52. The van der Waals surface area contributed by atoms with Crippen molar-refractivity contribution in [3.8, 4) is 6.07 Å². The highest BCUT2D eigenvalue weighted by Gasteiger charge is 2.29. The zero-order valence-electron chi connectivity index (χ0n) is 16.9. The number of nitriles is 1. The number of carbonyl (C=O) groups excluding carboxylic acids is 2. The number of hydrogen-bond donors (Lipinski definition) is 1. The van der Waals surface area contributed by atoms with E-state index in [0.29, 0.717) is 5.56 Å². The molecule has 0 saturated heterocycles.